The van der Waals surface area contributed by atoms with E-state index in [4.69, 9.17) is 4.74 Å². The molecular weight excluding hydrogens is 435 g/mol. The molecular formula is C23H17FN2O3S2. The van der Waals surface area contributed by atoms with E-state index in [0.29, 0.717) is 15.7 Å². The minimum Gasteiger partial charge on any atom is -0.455 e. The van der Waals surface area contributed by atoms with Crippen molar-refractivity contribution >= 4 is 45.4 Å². The van der Waals surface area contributed by atoms with Gasteiger partial charge in [-0.1, -0.05) is 42.5 Å². The number of thiophene rings is 1. The quantitative estimate of drug-likeness (QED) is 0.334. The topological polar surface area (TPSA) is 59.5 Å². The number of para-hydroxylation sites is 1. The van der Waals surface area contributed by atoms with Crippen LogP contribution in [0.4, 0.5) is 15.2 Å². The van der Waals surface area contributed by atoms with Crippen LogP contribution in [0.25, 0.3) is 11.1 Å². The first-order valence-electron chi connectivity index (χ1n) is 9.34. The summed E-state index contributed by atoms with van der Waals surface area (Å²) in [5, 5.41) is 3.84. The lowest BCUT2D eigenvalue weighted by molar-refractivity contribution is -0.115. The number of aromatic nitrogens is 1. The van der Waals surface area contributed by atoms with Gasteiger partial charge in [0.1, 0.15) is 17.3 Å². The number of halogens is 1. The van der Waals surface area contributed by atoms with E-state index in [1.807, 2.05) is 41.8 Å². The van der Waals surface area contributed by atoms with Crippen molar-refractivity contribution in [3.05, 3.63) is 87.8 Å². The molecule has 0 fully saturated rings. The molecule has 0 saturated carbocycles. The molecule has 2 aromatic heterocycles. The predicted octanol–water partition coefficient (Wildman–Crippen LogP) is 6.05. The summed E-state index contributed by atoms with van der Waals surface area (Å²) in [6.45, 7) is 1.29. The van der Waals surface area contributed by atoms with Crippen molar-refractivity contribution in [1.29, 1.82) is 0 Å². The van der Waals surface area contributed by atoms with E-state index in [1.165, 1.54) is 46.6 Å². The Morgan fingerprint density at radius 2 is 1.77 bits per heavy atom. The first-order valence-corrected chi connectivity index (χ1v) is 11.1. The van der Waals surface area contributed by atoms with Gasteiger partial charge in [0.2, 0.25) is 5.91 Å². The normalized spacial score (nSPS) is 10.6. The molecule has 156 valence electrons. The number of hydrogen-bond acceptors (Lipinski definition) is 6. The molecule has 1 amide bonds. The fourth-order valence-corrected chi connectivity index (χ4v) is 4.70. The fourth-order valence-electron chi connectivity index (χ4n) is 3.02. The number of amides is 1. The lowest BCUT2D eigenvalue weighted by Gasteiger charge is -2.18. The minimum atomic E-state index is -0.521. The van der Waals surface area contributed by atoms with E-state index in [-0.39, 0.29) is 18.2 Å². The molecule has 0 N–H and O–H groups in total. The van der Waals surface area contributed by atoms with Crippen molar-refractivity contribution in [2.45, 2.75) is 13.5 Å². The van der Waals surface area contributed by atoms with E-state index in [9.17, 15) is 14.0 Å². The Balaban J connectivity index is 1.49. The molecule has 0 aliphatic heterocycles. The third-order valence-electron chi connectivity index (χ3n) is 4.43. The number of ether oxygens (including phenoxy) is 1. The van der Waals surface area contributed by atoms with Crippen LogP contribution in [0.5, 0.6) is 0 Å². The second-order valence-corrected chi connectivity index (χ2v) is 8.29. The van der Waals surface area contributed by atoms with Crippen molar-refractivity contribution in [1.82, 2.24) is 4.98 Å². The fraction of sp³-hybridized carbons (Fsp3) is 0.0870. The van der Waals surface area contributed by atoms with Crippen LogP contribution in [0, 0.1) is 5.82 Å². The molecule has 0 radical (unpaired) electrons. The molecule has 2 aromatic carbocycles. The second kappa shape index (κ2) is 9.20. The first kappa shape index (κ1) is 20.9. The summed E-state index contributed by atoms with van der Waals surface area (Å²) in [6.07, 6.45) is 0. The first-order chi connectivity index (χ1) is 15.0. The Morgan fingerprint density at radius 1 is 1.03 bits per heavy atom. The number of benzene rings is 2. The summed E-state index contributed by atoms with van der Waals surface area (Å²) in [4.78, 5) is 30.9. The maximum absolute atomic E-state index is 14.2. The van der Waals surface area contributed by atoms with Crippen LogP contribution >= 0.6 is 22.7 Å². The SMILES string of the molecule is CC(=O)N(c1nc(COC(=O)c2sccc2-c2ccccc2)cs1)c1ccccc1F. The van der Waals surface area contributed by atoms with E-state index in [2.05, 4.69) is 4.98 Å². The molecule has 0 saturated heterocycles. The highest BCUT2D eigenvalue weighted by Gasteiger charge is 2.22. The van der Waals surface area contributed by atoms with Crippen molar-refractivity contribution in [2.24, 2.45) is 0 Å². The molecule has 5 nitrogen and oxygen atoms in total. The molecule has 8 heteroatoms. The lowest BCUT2D eigenvalue weighted by Crippen LogP contribution is -2.23. The third kappa shape index (κ3) is 4.55. The van der Waals surface area contributed by atoms with Gasteiger partial charge in [-0.15, -0.1) is 22.7 Å². The van der Waals surface area contributed by atoms with Gasteiger partial charge in [0, 0.05) is 17.9 Å². The average Bonchev–Trinajstić information content (AvgIpc) is 3.44. The maximum atomic E-state index is 14.2. The molecule has 0 aliphatic carbocycles. The molecule has 4 rings (SSSR count). The number of hydrogen-bond donors (Lipinski definition) is 0. The summed E-state index contributed by atoms with van der Waals surface area (Å²) in [5.41, 5.74) is 2.36. The number of rotatable bonds is 6. The Morgan fingerprint density at radius 3 is 2.52 bits per heavy atom. The van der Waals surface area contributed by atoms with Crippen molar-refractivity contribution in [2.75, 3.05) is 4.90 Å². The Labute approximate surface area is 186 Å². The number of carbonyl (C=O) groups is 2. The number of carbonyl (C=O) groups excluding carboxylic acids is 2. The van der Waals surface area contributed by atoms with E-state index in [0.717, 1.165) is 11.1 Å². The zero-order valence-corrected chi connectivity index (χ0v) is 18.1. The van der Waals surface area contributed by atoms with Crippen LogP contribution in [0.2, 0.25) is 0 Å². The van der Waals surface area contributed by atoms with Gasteiger partial charge in [0.15, 0.2) is 5.13 Å². The van der Waals surface area contributed by atoms with Gasteiger partial charge in [-0.3, -0.25) is 9.69 Å². The summed E-state index contributed by atoms with van der Waals surface area (Å²) < 4.78 is 19.7. The molecule has 31 heavy (non-hydrogen) atoms. The van der Waals surface area contributed by atoms with E-state index >= 15 is 0 Å². The number of anilines is 2. The van der Waals surface area contributed by atoms with Crippen LogP contribution in [0.3, 0.4) is 0 Å². The summed E-state index contributed by atoms with van der Waals surface area (Å²) in [7, 11) is 0. The average molecular weight is 453 g/mol. The van der Waals surface area contributed by atoms with Gasteiger partial charge < -0.3 is 4.74 Å². The van der Waals surface area contributed by atoms with Crippen molar-refractivity contribution in [3.63, 3.8) is 0 Å². The standard InChI is InChI=1S/C23H17FN2O3S2/c1-15(27)26(20-10-6-5-9-19(20)24)23-25-17(14-31-23)13-29-22(28)21-18(11-12-30-21)16-7-3-2-4-8-16/h2-12,14H,13H2,1H3. The highest BCUT2D eigenvalue weighted by molar-refractivity contribution is 7.14. The van der Waals surface area contributed by atoms with Crippen LogP contribution in [0.1, 0.15) is 22.3 Å². The molecule has 0 aliphatic rings. The lowest BCUT2D eigenvalue weighted by atomic mass is 10.1. The van der Waals surface area contributed by atoms with Gasteiger partial charge >= 0.3 is 5.97 Å². The van der Waals surface area contributed by atoms with Gasteiger partial charge in [0.25, 0.3) is 0 Å². The van der Waals surface area contributed by atoms with Gasteiger partial charge in [-0.05, 0) is 29.1 Å². The van der Waals surface area contributed by atoms with Crippen LogP contribution < -0.4 is 4.90 Å². The zero-order valence-electron chi connectivity index (χ0n) is 16.4. The van der Waals surface area contributed by atoms with E-state index < -0.39 is 11.8 Å². The van der Waals surface area contributed by atoms with Crippen LogP contribution in [-0.2, 0) is 16.1 Å². The van der Waals surface area contributed by atoms with Gasteiger partial charge in [0.05, 0.1) is 11.4 Å². The van der Waals surface area contributed by atoms with Crippen molar-refractivity contribution in [3.8, 4) is 11.1 Å². The van der Waals surface area contributed by atoms with Gasteiger partial charge in [-0.25, -0.2) is 14.2 Å². The monoisotopic (exact) mass is 452 g/mol. The highest BCUT2D eigenvalue weighted by Crippen LogP contribution is 2.32. The van der Waals surface area contributed by atoms with Crippen LogP contribution in [-0.4, -0.2) is 16.9 Å². The largest absolute Gasteiger partial charge is 0.455 e. The molecule has 0 spiro atoms. The third-order valence-corrected chi connectivity index (χ3v) is 6.19. The number of esters is 1. The summed E-state index contributed by atoms with van der Waals surface area (Å²) in [5.74, 6) is -1.33. The van der Waals surface area contributed by atoms with Crippen LogP contribution in [0.15, 0.2) is 71.4 Å². The summed E-state index contributed by atoms with van der Waals surface area (Å²) in [6, 6.07) is 17.5. The highest BCUT2D eigenvalue weighted by atomic mass is 32.1. The molecule has 0 bridgehead atoms. The number of nitrogens with zero attached hydrogens (tertiary/aromatic N) is 2. The van der Waals surface area contributed by atoms with Gasteiger partial charge in [-0.2, -0.15) is 0 Å². The number of thiazole rings is 1. The Bertz CT molecular complexity index is 1220. The second-order valence-electron chi connectivity index (χ2n) is 6.53. The van der Waals surface area contributed by atoms with Crippen molar-refractivity contribution < 1.29 is 18.7 Å². The minimum absolute atomic E-state index is 0.0511. The summed E-state index contributed by atoms with van der Waals surface area (Å²) >= 11 is 2.49. The molecule has 0 unspecified atom stereocenters. The zero-order chi connectivity index (χ0) is 21.8. The molecule has 4 aromatic rings. The Hall–Kier alpha value is -3.36. The van der Waals surface area contributed by atoms with E-state index in [1.54, 1.807) is 17.5 Å². The molecule has 2 heterocycles. The smallest absolute Gasteiger partial charge is 0.349 e. The Kier molecular flexibility index (Phi) is 6.20. The molecule has 0 atom stereocenters. The maximum Gasteiger partial charge on any atom is 0.349 e. The predicted molar refractivity (Wildman–Crippen MR) is 120 cm³/mol.